The number of aryl methyl sites for hydroxylation is 1. The first kappa shape index (κ1) is 16.3. The summed E-state index contributed by atoms with van der Waals surface area (Å²) in [5, 5.41) is 32.1. The number of non-ortho nitro benzene ring substituents is 1. The quantitative estimate of drug-likeness (QED) is 0.415. The fourth-order valence-electron chi connectivity index (χ4n) is 2.69. The molecule has 0 aliphatic carbocycles. The molecule has 0 unspecified atom stereocenters. The lowest BCUT2D eigenvalue weighted by molar-refractivity contribution is -0.384. The Hall–Kier alpha value is -4.15. The monoisotopic (exact) mass is 364 g/mol. The van der Waals surface area contributed by atoms with Crippen molar-refractivity contribution in [3.05, 3.63) is 58.3 Å². The highest BCUT2D eigenvalue weighted by Crippen LogP contribution is 2.24. The first-order chi connectivity index (χ1) is 13.0. The van der Waals surface area contributed by atoms with Crippen molar-refractivity contribution in [2.45, 2.75) is 0 Å². The highest BCUT2D eigenvalue weighted by molar-refractivity contribution is 6.11. The predicted octanol–water partition coefficient (Wildman–Crippen LogP) is 1.91. The Morgan fingerprint density at radius 3 is 2.85 bits per heavy atom. The van der Waals surface area contributed by atoms with Gasteiger partial charge in [0.25, 0.3) is 11.6 Å². The molecule has 0 aliphatic rings. The number of fused-ring (bicyclic) bond motifs is 1. The molecule has 0 saturated carbocycles. The van der Waals surface area contributed by atoms with Gasteiger partial charge in [-0.1, -0.05) is 12.1 Å². The molecule has 0 saturated heterocycles. The van der Waals surface area contributed by atoms with Crippen molar-refractivity contribution in [3.63, 3.8) is 0 Å². The largest absolute Gasteiger partial charge is 0.321 e. The zero-order chi connectivity index (χ0) is 19.0. The van der Waals surface area contributed by atoms with Crippen LogP contribution in [0.4, 0.5) is 11.4 Å². The van der Waals surface area contributed by atoms with Gasteiger partial charge in [0.05, 0.1) is 10.4 Å². The molecule has 134 valence electrons. The molecular formula is C16H12N8O3. The Morgan fingerprint density at radius 1 is 1.26 bits per heavy atom. The van der Waals surface area contributed by atoms with E-state index in [0.29, 0.717) is 22.4 Å². The van der Waals surface area contributed by atoms with Crippen molar-refractivity contribution < 1.29 is 9.72 Å². The third kappa shape index (κ3) is 2.97. The summed E-state index contributed by atoms with van der Waals surface area (Å²) in [5.41, 5.74) is 1.73. The molecule has 0 spiro atoms. The molecule has 11 nitrogen and oxygen atoms in total. The fourth-order valence-corrected chi connectivity index (χ4v) is 2.69. The zero-order valence-corrected chi connectivity index (χ0v) is 13.9. The number of rotatable bonds is 4. The SMILES string of the molecule is Cn1nnnc1-c1cccc(NC(=O)c2n[nH]c3ccc([N+](=O)[O-])cc23)c1. The van der Waals surface area contributed by atoms with Gasteiger partial charge in [-0.15, -0.1) is 5.10 Å². The van der Waals surface area contributed by atoms with Crippen LogP contribution in [-0.4, -0.2) is 41.2 Å². The van der Waals surface area contributed by atoms with E-state index in [1.54, 1.807) is 25.2 Å². The molecule has 2 heterocycles. The van der Waals surface area contributed by atoms with Gasteiger partial charge in [0.1, 0.15) is 0 Å². The maximum Gasteiger partial charge on any atom is 0.276 e. The lowest BCUT2D eigenvalue weighted by Gasteiger charge is -2.06. The second-order valence-corrected chi connectivity index (χ2v) is 5.72. The van der Waals surface area contributed by atoms with Crippen molar-refractivity contribution in [2.75, 3.05) is 5.32 Å². The Labute approximate surface area is 151 Å². The summed E-state index contributed by atoms with van der Waals surface area (Å²) in [6.45, 7) is 0. The van der Waals surface area contributed by atoms with Gasteiger partial charge in [-0.05, 0) is 28.6 Å². The van der Waals surface area contributed by atoms with E-state index in [2.05, 4.69) is 31.0 Å². The number of nitro groups is 1. The van der Waals surface area contributed by atoms with E-state index >= 15 is 0 Å². The summed E-state index contributed by atoms with van der Waals surface area (Å²) in [5.74, 6) is 0.0573. The van der Waals surface area contributed by atoms with E-state index in [9.17, 15) is 14.9 Å². The van der Waals surface area contributed by atoms with Crippen LogP contribution in [0.3, 0.4) is 0 Å². The molecule has 2 aromatic heterocycles. The standard InChI is InChI=1S/C16H12N8O3/c1-23-15(20-21-22-23)9-3-2-4-10(7-9)17-16(25)14-12-8-11(24(26)27)5-6-13(12)18-19-14/h2-8H,1H3,(H,17,25)(H,18,19). The topological polar surface area (TPSA) is 145 Å². The number of nitrogens with zero attached hydrogens (tertiary/aromatic N) is 6. The minimum atomic E-state index is -0.521. The molecular weight excluding hydrogens is 352 g/mol. The molecule has 0 atom stereocenters. The maximum atomic E-state index is 12.6. The maximum absolute atomic E-state index is 12.6. The van der Waals surface area contributed by atoms with E-state index < -0.39 is 10.8 Å². The molecule has 4 rings (SSSR count). The van der Waals surface area contributed by atoms with E-state index in [1.807, 2.05) is 6.07 Å². The molecule has 0 aliphatic heterocycles. The smallest absolute Gasteiger partial charge is 0.276 e. The minimum absolute atomic E-state index is 0.0689. The Kier molecular flexibility index (Phi) is 3.81. The Morgan fingerprint density at radius 2 is 2.11 bits per heavy atom. The van der Waals surface area contributed by atoms with Crippen molar-refractivity contribution in [1.82, 2.24) is 30.4 Å². The van der Waals surface area contributed by atoms with Gasteiger partial charge < -0.3 is 5.32 Å². The molecule has 2 aromatic carbocycles. The number of aromatic nitrogens is 6. The molecule has 0 bridgehead atoms. The average Bonchev–Trinajstić information content (AvgIpc) is 3.27. The molecule has 4 aromatic rings. The summed E-state index contributed by atoms with van der Waals surface area (Å²) < 4.78 is 1.52. The molecule has 0 radical (unpaired) electrons. The van der Waals surface area contributed by atoms with Gasteiger partial charge in [0.2, 0.25) is 0 Å². The number of amides is 1. The van der Waals surface area contributed by atoms with Crippen LogP contribution in [0.25, 0.3) is 22.3 Å². The van der Waals surface area contributed by atoms with Crippen molar-refractivity contribution >= 4 is 28.2 Å². The van der Waals surface area contributed by atoms with Crippen LogP contribution >= 0.6 is 0 Å². The second kappa shape index (κ2) is 6.29. The number of benzene rings is 2. The van der Waals surface area contributed by atoms with Crippen molar-refractivity contribution in [1.29, 1.82) is 0 Å². The third-order valence-corrected chi connectivity index (χ3v) is 3.97. The number of hydrogen-bond donors (Lipinski definition) is 2. The molecule has 11 heteroatoms. The Balaban J connectivity index is 1.65. The van der Waals surface area contributed by atoms with Gasteiger partial charge in [0.15, 0.2) is 11.5 Å². The van der Waals surface area contributed by atoms with Crippen molar-refractivity contribution in [2.24, 2.45) is 7.05 Å². The number of aromatic amines is 1. The normalized spacial score (nSPS) is 10.9. The average molecular weight is 364 g/mol. The highest BCUT2D eigenvalue weighted by Gasteiger charge is 2.18. The number of tetrazole rings is 1. The van der Waals surface area contributed by atoms with E-state index in [-0.39, 0.29) is 11.4 Å². The molecule has 1 amide bonds. The molecule has 27 heavy (non-hydrogen) atoms. The van der Waals surface area contributed by atoms with Gasteiger partial charge in [-0.3, -0.25) is 20.0 Å². The van der Waals surface area contributed by atoms with Crippen LogP contribution in [0, 0.1) is 10.1 Å². The van der Waals surface area contributed by atoms with E-state index in [1.165, 1.54) is 22.9 Å². The lowest BCUT2D eigenvalue weighted by atomic mass is 10.1. The third-order valence-electron chi connectivity index (χ3n) is 3.97. The number of carbonyl (C=O) groups excluding carboxylic acids is 1. The van der Waals surface area contributed by atoms with Crippen LogP contribution in [0.1, 0.15) is 10.5 Å². The fraction of sp³-hybridized carbons (Fsp3) is 0.0625. The predicted molar refractivity (Wildman–Crippen MR) is 94.9 cm³/mol. The summed E-state index contributed by atoms with van der Waals surface area (Å²) in [4.78, 5) is 23.1. The van der Waals surface area contributed by atoms with Crippen LogP contribution in [-0.2, 0) is 7.05 Å². The number of carbonyl (C=O) groups is 1. The lowest BCUT2D eigenvalue weighted by Crippen LogP contribution is -2.13. The van der Waals surface area contributed by atoms with Gasteiger partial charge in [0, 0.05) is 35.8 Å². The van der Waals surface area contributed by atoms with Gasteiger partial charge in [-0.25, -0.2) is 4.68 Å². The number of hydrogen-bond acceptors (Lipinski definition) is 7. The van der Waals surface area contributed by atoms with Gasteiger partial charge >= 0.3 is 0 Å². The van der Waals surface area contributed by atoms with E-state index in [0.717, 1.165) is 5.56 Å². The van der Waals surface area contributed by atoms with Crippen molar-refractivity contribution in [3.8, 4) is 11.4 Å². The van der Waals surface area contributed by atoms with Crippen LogP contribution in [0.5, 0.6) is 0 Å². The number of nitro benzene ring substituents is 1. The first-order valence-electron chi connectivity index (χ1n) is 7.79. The van der Waals surface area contributed by atoms with Crippen LogP contribution in [0.15, 0.2) is 42.5 Å². The molecule has 2 N–H and O–H groups in total. The molecule has 0 fully saturated rings. The first-order valence-corrected chi connectivity index (χ1v) is 7.79. The summed E-state index contributed by atoms with van der Waals surface area (Å²) in [6, 6.07) is 11.2. The van der Waals surface area contributed by atoms with Gasteiger partial charge in [-0.2, -0.15) is 5.10 Å². The summed E-state index contributed by atoms with van der Waals surface area (Å²) in [7, 11) is 1.71. The minimum Gasteiger partial charge on any atom is -0.321 e. The summed E-state index contributed by atoms with van der Waals surface area (Å²) in [6.07, 6.45) is 0. The van der Waals surface area contributed by atoms with Crippen LogP contribution in [0.2, 0.25) is 0 Å². The number of H-pyrrole nitrogens is 1. The second-order valence-electron chi connectivity index (χ2n) is 5.72. The highest BCUT2D eigenvalue weighted by atomic mass is 16.6. The summed E-state index contributed by atoms with van der Waals surface area (Å²) >= 11 is 0. The Bertz CT molecular complexity index is 1180. The number of nitrogens with one attached hydrogen (secondary N) is 2. The number of anilines is 1. The zero-order valence-electron chi connectivity index (χ0n) is 13.9. The van der Waals surface area contributed by atoms with Crippen LogP contribution < -0.4 is 5.32 Å². The van der Waals surface area contributed by atoms with E-state index in [4.69, 9.17) is 0 Å².